The Morgan fingerprint density at radius 1 is 1.16 bits per heavy atom. The first-order chi connectivity index (χ1) is 14.6. The van der Waals surface area contributed by atoms with Crippen molar-refractivity contribution in [2.24, 2.45) is 5.92 Å². The number of alkyl halides is 3. The Labute approximate surface area is 181 Å². The second kappa shape index (κ2) is 9.32. The molecule has 1 saturated heterocycles. The Kier molecular flexibility index (Phi) is 6.96. The maximum atomic E-state index is 13.3. The van der Waals surface area contributed by atoms with Crippen LogP contribution in [0, 0.1) is 19.8 Å². The molecule has 0 aliphatic carbocycles. The molecule has 1 aliphatic heterocycles. The van der Waals surface area contributed by atoms with Crippen LogP contribution < -0.4 is 10.2 Å². The van der Waals surface area contributed by atoms with Crippen molar-refractivity contribution in [2.45, 2.75) is 66.1 Å². The zero-order chi connectivity index (χ0) is 22.8. The van der Waals surface area contributed by atoms with Crippen LogP contribution in [0.1, 0.15) is 55.6 Å². The molecule has 0 radical (unpaired) electrons. The number of amides is 1. The fraction of sp³-hybridized carbons (Fsp3) is 0.565. The van der Waals surface area contributed by atoms with Crippen molar-refractivity contribution < 1.29 is 18.0 Å². The van der Waals surface area contributed by atoms with Gasteiger partial charge < -0.3 is 10.2 Å². The second-order valence-corrected chi connectivity index (χ2v) is 8.73. The third-order valence-electron chi connectivity index (χ3n) is 5.70. The second-order valence-electron chi connectivity index (χ2n) is 8.73. The van der Waals surface area contributed by atoms with E-state index in [1.807, 2.05) is 18.5 Å². The van der Waals surface area contributed by atoms with Gasteiger partial charge in [-0.1, -0.05) is 13.8 Å². The Morgan fingerprint density at radius 3 is 2.45 bits per heavy atom. The molecule has 8 heteroatoms. The van der Waals surface area contributed by atoms with E-state index in [-0.39, 0.29) is 18.0 Å². The Bertz CT molecular complexity index is 928. The van der Waals surface area contributed by atoms with Gasteiger partial charge in [-0.15, -0.1) is 0 Å². The number of nitrogens with zero attached hydrogens (tertiary/aromatic N) is 3. The standard InChI is InChI=1S/C23H31F3N4O/c1-15(2)14-30-17(4)19(16(3)28-30)13-22(31)27-20-12-18(23(24,25)26)8-9-21(20)29-10-6-5-7-11-29/h8-9,12,15H,5-7,10-11,13-14H2,1-4H3,(H,27,31). The number of halogens is 3. The van der Waals surface area contributed by atoms with E-state index in [4.69, 9.17) is 0 Å². The van der Waals surface area contributed by atoms with Gasteiger partial charge in [0.05, 0.1) is 29.1 Å². The van der Waals surface area contributed by atoms with E-state index in [1.165, 1.54) is 6.07 Å². The van der Waals surface area contributed by atoms with Gasteiger partial charge in [0, 0.05) is 30.9 Å². The smallest absolute Gasteiger partial charge is 0.370 e. The van der Waals surface area contributed by atoms with E-state index in [0.717, 1.165) is 68.0 Å². The first-order valence-electron chi connectivity index (χ1n) is 10.8. The third kappa shape index (κ3) is 5.60. The van der Waals surface area contributed by atoms with Crippen molar-refractivity contribution in [1.82, 2.24) is 9.78 Å². The molecule has 31 heavy (non-hydrogen) atoms. The van der Waals surface area contributed by atoms with Crippen LogP contribution in [-0.4, -0.2) is 28.8 Å². The molecule has 0 bridgehead atoms. The summed E-state index contributed by atoms with van der Waals surface area (Å²) in [7, 11) is 0. The van der Waals surface area contributed by atoms with Crippen molar-refractivity contribution >= 4 is 17.3 Å². The summed E-state index contributed by atoms with van der Waals surface area (Å²) in [4.78, 5) is 14.9. The van der Waals surface area contributed by atoms with Gasteiger partial charge >= 0.3 is 6.18 Å². The van der Waals surface area contributed by atoms with E-state index < -0.39 is 11.7 Å². The van der Waals surface area contributed by atoms with E-state index in [9.17, 15) is 18.0 Å². The molecule has 0 unspecified atom stereocenters. The number of benzene rings is 1. The maximum Gasteiger partial charge on any atom is 0.416 e. The number of carbonyl (C=O) groups is 1. The molecule has 3 rings (SSSR count). The molecule has 1 aliphatic rings. The van der Waals surface area contributed by atoms with Gasteiger partial charge in [-0.05, 0) is 57.2 Å². The van der Waals surface area contributed by atoms with Crippen LogP contribution in [0.25, 0.3) is 0 Å². The highest BCUT2D eigenvalue weighted by Gasteiger charge is 2.32. The Balaban J connectivity index is 1.85. The van der Waals surface area contributed by atoms with E-state index in [1.54, 1.807) is 0 Å². The minimum absolute atomic E-state index is 0.0748. The predicted octanol–water partition coefficient (Wildman–Crippen LogP) is 5.35. The topological polar surface area (TPSA) is 50.2 Å². The summed E-state index contributed by atoms with van der Waals surface area (Å²) >= 11 is 0. The van der Waals surface area contributed by atoms with Crippen LogP contribution in [0.15, 0.2) is 18.2 Å². The average Bonchev–Trinajstić information content (AvgIpc) is 2.94. The predicted molar refractivity (Wildman–Crippen MR) is 116 cm³/mol. The zero-order valence-corrected chi connectivity index (χ0v) is 18.6. The lowest BCUT2D eigenvalue weighted by atomic mass is 10.1. The molecule has 1 N–H and O–H groups in total. The van der Waals surface area contributed by atoms with Crippen LogP contribution in [0.4, 0.5) is 24.5 Å². The van der Waals surface area contributed by atoms with Crippen LogP contribution >= 0.6 is 0 Å². The highest BCUT2D eigenvalue weighted by Crippen LogP contribution is 2.36. The van der Waals surface area contributed by atoms with Gasteiger partial charge in [-0.3, -0.25) is 9.48 Å². The van der Waals surface area contributed by atoms with Gasteiger partial charge in [-0.25, -0.2) is 0 Å². The molecule has 0 saturated carbocycles. The maximum absolute atomic E-state index is 13.3. The first-order valence-corrected chi connectivity index (χ1v) is 10.8. The number of aromatic nitrogens is 2. The lowest BCUT2D eigenvalue weighted by Gasteiger charge is -2.31. The summed E-state index contributed by atoms with van der Waals surface area (Å²) in [5.74, 6) is 0.0739. The molecule has 1 amide bonds. The number of hydrogen-bond donors (Lipinski definition) is 1. The highest BCUT2D eigenvalue weighted by molar-refractivity contribution is 5.96. The number of aryl methyl sites for hydroxylation is 1. The molecule has 2 aromatic rings. The van der Waals surface area contributed by atoms with Crippen LogP contribution in [0.2, 0.25) is 0 Å². The van der Waals surface area contributed by atoms with E-state index >= 15 is 0 Å². The third-order valence-corrected chi connectivity index (χ3v) is 5.70. The first kappa shape index (κ1) is 23.2. The van der Waals surface area contributed by atoms with Crippen molar-refractivity contribution in [3.63, 3.8) is 0 Å². The van der Waals surface area contributed by atoms with Gasteiger partial charge in [-0.2, -0.15) is 18.3 Å². The van der Waals surface area contributed by atoms with Crippen LogP contribution in [-0.2, 0) is 23.9 Å². The molecule has 170 valence electrons. The van der Waals surface area contributed by atoms with E-state index in [2.05, 4.69) is 29.2 Å². The van der Waals surface area contributed by atoms with Crippen LogP contribution in [0.5, 0.6) is 0 Å². The molecule has 1 fully saturated rings. The zero-order valence-electron chi connectivity index (χ0n) is 18.6. The summed E-state index contributed by atoms with van der Waals surface area (Å²) in [6.45, 7) is 10.3. The molecule has 0 spiro atoms. The van der Waals surface area contributed by atoms with Crippen molar-refractivity contribution in [2.75, 3.05) is 23.3 Å². The number of carbonyl (C=O) groups excluding carboxylic acids is 1. The number of anilines is 2. The van der Waals surface area contributed by atoms with Gasteiger partial charge in [0.1, 0.15) is 0 Å². The summed E-state index contributed by atoms with van der Waals surface area (Å²) in [5.41, 5.74) is 2.61. The molecule has 1 aromatic carbocycles. The monoisotopic (exact) mass is 436 g/mol. The molecule has 2 heterocycles. The van der Waals surface area contributed by atoms with Crippen LogP contribution in [0.3, 0.4) is 0 Å². The summed E-state index contributed by atoms with van der Waals surface area (Å²) < 4.78 is 41.8. The van der Waals surface area contributed by atoms with Crippen molar-refractivity contribution in [3.05, 3.63) is 40.7 Å². The van der Waals surface area contributed by atoms with Gasteiger partial charge in [0.15, 0.2) is 0 Å². The summed E-state index contributed by atoms with van der Waals surface area (Å²) in [5, 5.41) is 7.28. The van der Waals surface area contributed by atoms with Crippen molar-refractivity contribution in [3.8, 4) is 0 Å². The number of hydrogen-bond acceptors (Lipinski definition) is 3. The quantitative estimate of drug-likeness (QED) is 0.664. The normalized spacial score (nSPS) is 14.9. The Hall–Kier alpha value is -2.51. The van der Waals surface area contributed by atoms with Crippen molar-refractivity contribution in [1.29, 1.82) is 0 Å². The average molecular weight is 437 g/mol. The fourth-order valence-corrected chi connectivity index (χ4v) is 4.09. The molecular weight excluding hydrogens is 405 g/mol. The largest absolute Gasteiger partial charge is 0.416 e. The highest BCUT2D eigenvalue weighted by atomic mass is 19.4. The molecular formula is C23H31F3N4O. The minimum Gasteiger partial charge on any atom is -0.370 e. The number of piperidine rings is 1. The number of nitrogens with one attached hydrogen (secondary N) is 1. The summed E-state index contributed by atoms with van der Waals surface area (Å²) in [6.07, 6.45) is -1.31. The lowest BCUT2D eigenvalue weighted by Crippen LogP contribution is -2.30. The molecule has 0 atom stereocenters. The van der Waals surface area contributed by atoms with Gasteiger partial charge in [0.2, 0.25) is 5.91 Å². The minimum atomic E-state index is -4.47. The SMILES string of the molecule is Cc1nn(CC(C)C)c(C)c1CC(=O)Nc1cc(C(F)(F)F)ccc1N1CCCCC1. The van der Waals surface area contributed by atoms with Gasteiger partial charge in [0.25, 0.3) is 0 Å². The molecule has 1 aromatic heterocycles. The number of rotatable bonds is 6. The fourth-order valence-electron chi connectivity index (χ4n) is 4.09. The lowest BCUT2D eigenvalue weighted by molar-refractivity contribution is -0.137. The Morgan fingerprint density at radius 2 is 1.84 bits per heavy atom. The molecule has 5 nitrogen and oxygen atoms in total. The summed E-state index contributed by atoms with van der Waals surface area (Å²) in [6, 6.07) is 3.61. The van der Waals surface area contributed by atoms with E-state index in [0.29, 0.717) is 11.6 Å².